The second-order valence-corrected chi connectivity index (χ2v) is 6.17. The number of amides is 1. The molecule has 26 heavy (non-hydrogen) atoms. The van der Waals surface area contributed by atoms with Crippen molar-refractivity contribution < 1.29 is 4.79 Å². The van der Waals surface area contributed by atoms with Gasteiger partial charge < -0.3 is 10.2 Å². The summed E-state index contributed by atoms with van der Waals surface area (Å²) >= 11 is 0. The minimum atomic E-state index is -0.199. The molecule has 134 valence electrons. The number of nitrogens with one attached hydrogen (secondary N) is 1. The average molecular weight is 350 g/mol. The standard InChI is InChI=1S/C19H22N6O/c1-4-17(14-8-6-5-7-9-14)18(26)23-15-10-22-25(13-15)19-20-11-16(12-21-19)24(2)3/h5-13,17H,4H2,1-3H3,(H,23,26)/t17-/m1/s1. The number of carbonyl (C=O) groups is 1. The van der Waals surface area contributed by atoms with E-state index in [1.807, 2.05) is 56.3 Å². The van der Waals surface area contributed by atoms with E-state index in [1.165, 1.54) is 0 Å². The van der Waals surface area contributed by atoms with E-state index in [1.54, 1.807) is 29.5 Å². The Balaban J connectivity index is 1.72. The second-order valence-electron chi connectivity index (χ2n) is 6.17. The average Bonchev–Trinajstić information content (AvgIpc) is 3.11. The zero-order valence-corrected chi connectivity index (χ0v) is 15.1. The molecular formula is C19H22N6O. The number of carbonyl (C=O) groups excluding carboxylic acids is 1. The fourth-order valence-corrected chi connectivity index (χ4v) is 2.65. The molecule has 0 aliphatic heterocycles. The predicted octanol–water partition coefficient (Wildman–Crippen LogP) is 2.86. The number of rotatable bonds is 6. The maximum atomic E-state index is 12.6. The number of hydrogen-bond acceptors (Lipinski definition) is 5. The fraction of sp³-hybridized carbons (Fsp3) is 0.263. The van der Waals surface area contributed by atoms with E-state index in [4.69, 9.17) is 0 Å². The maximum Gasteiger partial charge on any atom is 0.250 e. The Labute approximate surface area is 152 Å². The molecule has 0 saturated carbocycles. The predicted molar refractivity (Wildman–Crippen MR) is 102 cm³/mol. The number of anilines is 2. The molecule has 3 aromatic rings. The zero-order chi connectivity index (χ0) is 18.5. The van der Waals surface area contributed by atoms with E-state index in [0.29, 0.717) is 11.6 Å². The SMILES string of the molecule is CC[C@@H](C(=O)Nc1cnn(-c2ncc(N(C)C)cn2)c1)c1ccccc1. The lowest BCUT2D eigenvalue weighted by Gasteiger charge is -2.14. The summed E-state index contributed by atoms with van der Waals surface area (Å²) in [6.45, 7) is 2.00. The highest BCUT2D eigenvalue weighted by atomic mass is 16.1. The van der Waals surface area contributed by atoms with Crippen LogP contribution in [0.3, 0.4) is 0 Å². The van der Waals surface area contributed by atoms with Crippen LogP contribution in [-0.2, 0) is 4.79 Å². The Hall–Kier alpha value is -3.22. The van der Waals surface area contributed by atoms with Gasteiger partial charge in [-0.05, 0) is 12.0 Å². The van der Waals surface area contributed by atoms with Crippen LogP contribution in [0.1, 0.15) is 24.8 Å². The van der Waals surface area contributed by atoms with Crippen molar-refractivity contribution in [3.63, 3.8) is 0 Å². The first-order valence-corrected chi connectivity index (χ1v) is 8.48. The van der Waals surface area contributed by atoms with Gasteiger partial charge in [-0.3, -0.25) is 4.79 Å². The second kappa shape index (κ2) is 7.77. The van der Waals surface area contributed by atoms with Gasteiger partial charge in [-0.2, -0.15) is 5.10 Å². The molecule has 1 aromatic carbocycles. The van der Waals surface area contributed by atoms with Crippen molar-refractivity contribution in [3.05, 3.63) is 60.7 Å². The third-order valence-electron chi connectivity index (χ3n) is 4.12. The zero-order valence-electron chi connectivity index (χ0n) is 15.1. The topological polar surface area (TPSA) is 75.9 Å². The molecule has 7 nitrogen and oxygen atoms in total. The van der Waals surface area contributed by atoms with Crippen LogP contribution in [0.2, 0.25) is 0 Å². The number of hydrogen-bond donors (Lipinski definition) is 1. The summed E-state index contributed by atoms with van der Waals surface area (Å²) in [4.78, 5) is 23.1. The van der Waals surface area contributed by atoms with Crippen molar-refractivity contribution in [1.29, 1.82) is 0 Å². The van der Waals surface area contributed by atoms with Crippen molar-refractivity contribution in [3.8, 4) is 5.95 Å². The Morgan fingerprint density at radius 2 is 1.85 bits per heavy atom. The molecule has 0 spiro atoms. The molecule has 2 heterocycles. The summed E-state index contributed by atoms with van der Waals surface area (Å²) in [6, 6.07) is 9.77. The van der Waals surface area contributed by atoms with Gasteiger partial charge in [-0.1, -0.05) is 37.3 Å². The van der Waals surface area contributed by atoms with Gasteiger partial charge in [0.25, 0.3) is 5.95 Å². The summed E-state index contributed by atoms with van der Waals surface area (Å²) < 4.78 is 1.54. The largest absolute Gasteiger partial charge is 0.375 e. The summed E-state index contributed by atoms with van der Waals surface area (Å²) in [5.74, 6) is 0.198. The molecule has 0 fully saturated rings. The van der Waals surface area contributed by atoms with E-state index >= 15 is 0 Å². The maximum absolute atomic E-state index is 12.6. The molecule has 0 saturated heterocycles. The van der Waals surface area contributed by atoms with Crippen LogP contribution in [-0.4, -0.2) is 39.8 Å². The molecule has 1 amide bonds. The third kappa shape index (κ3) is 3.88. The van der Waals surface area contributed by atoms with Crippen LogP contribution in [0.5, 0.6) is 0 Å². The summed E-state index contributed by atoms with van der Waals surface area (Å²) in [7, 11) is 3.85. The van der Waals surface area contributed by atoms with E-state index in [2.05, 4.69) is 20.4 Å². The van der Waals surface area contributed by atoms with Crippen LogP contribution in [0.15, 0.2) is 55.1 Å². The molecule has 1 atom stereocenters. The number of nitrogens with zero attached hydrogens (tertiary/aromatic N) is 5. The van der Waals surface area contributed by atoms with Gasteiger partial charge >= 0.3 is 0 Å². The first-order chi connectivity index (χ1) is 12.6. The van der Waals surface area contributed by atoms with E-state index in [9.17, 15) is 4.79 Å². The molecule has 0 bridgehead atoms. The Kier molecular flexibility index (Phi) is 5.26. The van der Waals surface area contributed by atoms with Gasteiger partial charge in [-0.15, -0.1) is 0 Å². The molecule has 0 radical (unpaired) electrons. The van der Waals surface area contributed by atoms with Crippen molar-refractivity contribution >= 4 is 17.3 Å². The monoisotopic (exact) mass is 350 g/mol. The van der Waals surface area contributed by atoms with Crippen LogP contribution in [0.25, 0.3) is 5.95 Å². The van der Waals surface area contributed by atoms with Gasteiger partial charge in [0.2, 0.25) is 5.91 Å². The van der Waals surface area contributed by atoms with Gasteiger partial charge in [0, 0.05) is 14.1 Å². The van der Waals surface area contributed by atoms with Crippen molar-refractivity contribution in [2.75, 3.05) is 24.3 Å². The van der Waals surface area contributed by atoms with E-state index < -0.39 is 0 Å². The van der Waals surface area contributed by atoms with Crippen LogP contribution < -0.4 is 10.2 Å². The highest BCUT2D eigenvalue weighted by molar-refractivity contribution is 5.95. The van der Waals surface area contributed by atoms with Gasteiger partial charge in [0.1, 0.15) is 0 Å². The Morgan fingerprint density at radius 1 is 1.15 bits per heavy atom. The van der Waals surface area contributed by atoms with Crippen molar-refractivity contribution in [2.45, 2.75) is 19.3 Å². The Morgan fingerprint density at radius 3 is 2.46 bits per heavy atom. The van der Waals surface area contributed by atoms with E-state index in [-0.39, 0.29) is 11.8 Å². The smallest absolute Gasteiger partial charge is 0.250 e. The summed E-state index contributed by atoms with van der Waals surface area (Å²) in [5, 5.41) is 7.16. The van der Waals surface area contributed by atoms with E-state index in [0.717, 1.165) is 17.7 Å². The molecule has 3 rings (SSSR count). The molecule has 0 aliphatic rings. The van der Waals surface area contributed by atoms with Crippen LogP contribution >= 0.6 is 0 Å². The van der Waals surface area contributed by atoms with Gasteiger partial charge in [0.15, 0.2) is 0 Å². The quantitative estimate of drug-likeness (QED) is 0.740. The fourth-order valence-electron chi connectivity index (χ4n) is 2.65. The summed E-state index contributed by atoms with van der Waals surface area (Å²) in [6.07, 6.45) is 7.48. The third-order valence-corrected chi connectivity index (χ3v) is 4.12. The molecule has 0 unspecified atom stereocenters. The van der Waals surface area contributed by atoms with Crippen molar-refractivity contribution in [2.24, 2.45) is 0 Å². The number of benzene rings is 1. The number of aromatic nitrogens is 4. The lowest BCUT2D eigenvalue weighted by Crippen LogP contribution is -2.20. The molecule has 7 heteroatoms. The molecule has 0 aliphatic carbocycles. The Bertz CT molecular complexity index is 857. The lowest BCUT2D eigenvalue weighted by atomic mass is 9.96. The lowest BCUT2D eigenvalue weighted by molar-refractivity contribution is -0.117. The first-order valence-electron chi connectivity index (χ1n) is 8.48. The van der Waals surface area contributed by atoms with Crippen LogP contribution in [0.4, 0.5) is 11.4 Å². The highest BCUT2D eigenvalue weighted by Gasteiger charge is 2.19. The van der Waals surface area contributed by atoms with Gasteiger partial charge in [0.05, 0.1) is 42.1 Å². The highest BCUT2D eigenvalue weighted by Crippen LogP contribution is 2.21. The molecule has 2 aromatic heterocycles. The van der Waals surface area contributed by atoms with Gasteiger partial charge in [-0.25, -0.2) is 14.6 Å². The summed E-state index contributed by atoms with van der Waals surface area (Å²) in [5.41, 5.74) is 2.52. The molecular weight excluding hydrogens is 328 g/mol. The normalized spacial score (nSPS) is 11.8. The minimum absolute atomic E-state index is 0.0536. The molecule has 1 N–H and O–H groups in total. The minimum Gasteiger partial charge on any atom is -0.375 e. The first kappa shape index (κ1) is 17.6. The van der Waals surface area contributed by atoms with Crippen molar-refractivity contribution in [1.82, 2.24) is 19.7 Å². The van der Waals surface area contributed by atoms with Crippen LogP contribution in [0, 0.1) is 0 Å².